The lowest BCUT2D eigenvalue weighted by atomic mass is 9.95. The lowest BCUT2D eigenvalue weighted by molar-refractivity contribution is -0.124. The fourth-order valence-electron chi connectivity index (χ4n) is 3.61. The first-order valence-electron chi connectivity index (χ1n) is 7.82. The Labute approximate surface area is 117 Å². The summed E-state index contributed by atoms with van der Waals surface area (Å²) in [5.74, 6) is -0.170. The summed E-state index contributed by atoms with van der Waals surface area (Å²) < 4.78 is 0. The molecule has 4 nitrogen and oxygen atoms in total. The number of nitrogens with one attached hydrogen (secondary N) is 1. The van der Waals surface area contributed by atoms with Crippen molar-refractivity contribution in [2.45, 2.75) is 83.0 Å². The first-order valence-corrected chi connectivity index (χ1v) is 7.82. The van der Waals surface area contributed by atoms with Crippen LogP contribution in [0.25, 0.3) is 0 Å². The van der Waals surface area contributed by atoms with E-state index in [1.54, 1.807) is 0 Å². The molecule has 2 saturated carbocycles. The zero-order valence-corrected chi connectivity index (χ0v) is 12.6. The third-order valence-corrected chi connectivity index (χ3v) is 4.49. The van der Waals surface area contributed by atoms with Gasteiger partial charge in [0.25, 0.3) is 0 Å². The van der Waals surface area contributed by atoms with Gasteiger partial charge in [0.05, 0.1) is 5.54 Å². The van der Waals surface area contributed by atoms with Crippen molar-refractivity contribution in [2.75, 3.05) is 6.54 Å². The largest absolute Gasteiger partial charge is 0.368 e. The molecule has 0 aromatic heterocycles. The molecule has 0 saturated heterocycles. The van der Waals surface area contributed by atoms with E-state index in [1.165, 1.54) is 19.3 Å². The number of carbonyl (C=O) groups excluding carboxylic acids is 1. The predicted octanol–water partition coefficient (Wildman–Crippen LogP) is 1.64. The summed E-state index contributed by atoms with van der Waals surface area (Å²) in [5.41, 5.74) is 5.22. The standard InChI is InChI=1S/C15H29N3O/c1-4-9-18(12-5-6-12)13-7-8-15(10-13,14(16)19)17-11(2)3/h11-13,17H,4-10H2,1-3H3,(H2,16,19). The van der Waals surface area contributed by atoms with E-state index in [0.29, 0.717) is 12.1 Å². The smallest absolute Gasteiger partial charge is 0.237 e. The highest BCUT2D eigenvalue weighted by Crippen LogP contribution is 2.38. The van der Waals surface area contributed by atoms with Gasteiger partial charge in [-0.15, -0.1) is 0 Å². The van der Waals surface area contributed by atoms with E-state index in [-0.39, 0.29) is 5.91 Å². The molecular weight excluding hydrogens is 238 g/mol. The Morgan fingerprint density at radius 1 is 1.37 bits per heavy atom. The van der Waals surface area contributed by atoms with E-state index >= 15 is 0 Å². The fourth-order valence-corrected chi connectivity index (χ4v) is 3.61. The summed E-state index contributed by atoms with van der Waals surface area (Å²) in [5, 5.41) is 3.44. The number of nitrogens with two attached hydrogens (primary N) is 1. The minimum atomic E-state index is -0.473. The highest BCUT2D eigenvalue weighted by molar-refractivity contribution is 5.85. The molecule has 0 spiro atoms. The molecule has 0 aromatic rings. The molecule has 2 unspecified atom stereocenters. The summed E-state index contributed by atoms with van der Waals surface area (Å²) in [6.07, 6.45) is 6.72. The van der Waals surface area contributed by atoms with Gasteiger partial charge in [0.1, 0.15) is 0 Å². The molecule has 0 aromatic carbocycles. The van der Waals surface area contributed by atoms with E-state index in [1.807, 2.05) is 0 Å². The zero-order chi connectivity index (χ0) is 14.0. The first kappa shape index (κ1) is 14.8. The molecule has 3 N–H and O–H groups in total. The molecule has 19 heavy (non-hydrogen) atoms. The number of primary amides is 1. The van der Waals surface area contributed by atoms with E-state index in [9.17, 15) is 4.79 Å². The van der Waals surface area contributed by atoms with Crippen molar-refractivity contribution < 1.29 is 4.79 Å². The van der Waals surface area contributed by atoms with Crippen LogP contribution in [0.2, 0.25) is 0 Å². The monoisotopic (exact) mass is 267 g/mol. The molecule has 2 rings (SSSR count). The van der Waals surface area contributed by atoms with Crippen molar-refractivity contribution in [1.82, 2.24) is 10.2 Å². The van der Waals surface area contributed by atoms with Crippen LogP contribution < -0.4 is 11.1 Å². The second kappa shape index (κ2) is 5.80. The number of nitrogens with zero attached hydrogens (tertiary/aromatic N) is 1. The van der Waals surface area contributed by atoms with Crippen molar-refractivity contribution in [1.29, 1.82) is 0 Å². The van der Waals surface area contributed by atoms with Gasteiger partial charge in [0, 0.05) is 18.1 Å². The third-order valence-electron chi connectivity index (χ3n) is 4.49. The lowest BCUT2D eigenvalue weighted by Gasteiger charge is -2.33. The van der Waals surface area contributed by atoms with Gasteiger partial charge < -0.3 is 11.1 Å². The van der Waals surface area contributed by atoms with Crippen LogP contribution in [0.4, 0.5) is 0 Å². The fraction of sp³-hybridized carbons (Fsp3) is 0.933. The molecule has 2 aliphatic rings. The Hall–Kier alpha value is -0.610. The topological polar surface area (TPSA) is 58.4 Å². The van der Waals surface area contributed by atoms with Crippen molar-refractivity contribution in [3.8, 4) is 0 Å². The SMILES string of the molecule is CCCN(C1CC1)C1CCC(NC(C)C)(C(N)=O)C1. The summed E-state index contributed by atoms with van der Waals surface area (Å²) in [7, 11) is 0. The molecule has 110 valence electrons. The van der Waals surface area contributed by atoms with Crippen LogP contribution in [0.3, 0.4) is 0 Å². The number of amides is 1. The van der Waals surface area contributed by atoms with Crippen LogP contribution in [-0.4, -0.2) is 41.0 Å². The number of carbonyl (C=O) groups is 1. The van der Waals surface area contributed by atoms with Crippen molar-refractivity contribution >= 4 is 5.91 Å². The van der Waals surface area contributed by atoms with Gasteiger partial charge in [0.2, 0.25) is 5.91 Å². The van der Waals surface area contributed by atoms with Crippen molar-refractivity contribution in [3.63, 3.8) is 0 Å². The minimum Gasteiger partial charge on any atom is -0.368 e. The molecule has 0 heterocycles. The van der Waals surface area contributed by atoms with E-state index < -0.39 is 5.54 Å². The average Bonchev–Trinajstić information content (AvgIpc) is 3.07. The summed E-state index contributed by atoms with van der Waals surface area (Å²) in [4.78, 5) is 14.5. The Kier molecular flexibility index (Phi) is 4.51. The van der Waals surface area contributed by atoms with Gasteiger partial charge >= 0.3 is 0 Å². The van der Waals surface area contributed by atoms with Crippen LogP contribution in [-0.2, 0) is 4.79 Å². The van der Waals surface area contributed by atoms with Crippen LogP contribution in [0.1, 0.15) is 59.3 Å². The van der Waals surface area contributed by atoms with Gasteiger partial charge in [-0.2, -0.15) is 0 Å². The Balaban J connectivity index is 2.04. The molecular formula is C15H29N3O. The van der Waals surface area contributed by atoms with Crippen LogP contribution in [0.5, 0.6) is 0 Å². The van der Waals surface area contributed by atoms with Gasteiger partial charge in [-0.25, -0.2) is 0 Å². The molecule has 0 aliphatic heterocycles. The maximum absolute atomic E-state index is 11.9. The molecule has 0 bridgehead atoms. The van der Waals surface area contributed by atoms with Gasteiger partial charge in [-0.1, -0.05) is 6.92 Å². The quantitative estimate of drug-likeness (QED) is 0.737. The summed E-state index contributed by atoms with van der Waals surface area (Å²) in [6.45, 7) is 7.56. The molecule has 0 radical (unpaired) electrons. The van der Waals surface area contributed by atoms with Crippen LogP contribution >= 0.6 is 0 Å². The van der Waals surface area contributed by atoms with Gasteiger partial charge in [-0.05, 0) is 58.9 Å². The van der Waals surface area contributed by atoms with Crippen molar-refractivity contribution in [3.05, 3.63) is 0 Å². The van der Waals surface area contributed by atoms with E-state index in [4.69, 9.17) is 5.73 Å². The van der Waals surface area contributed by atoms with Crippen molar-refractivity contribution in [2.24, 2.45) is 5.73 Å². The van der Waals surface area contributed by atoms with Crippen LogP contribution in [0, 0.1) is 0 Å². The highest BCUT2D eigenvalue weighted by Gasteiger charge is 2.47. The maximum atomic E-state index is 11.9. The summed E-state index contributed by atoms with van der Waals surface area (Å²) in [6, 6.07) is 1.60. The third kappa shape index (κ3) is 3.29. The van der Waals surface area contributed by atoms with Gasteiger partial charge in [-0.3, -0.25) is 9.69 Å². The van der Waals surface area contributed by atoms with Gasteiger partial charge in [0.15, 0.2) is 0 Å². The lowest BCUT2D eigenvalue weighted by Crippen LogP contribution is -2.57. The summed E-state index contributed by atoms with van der Waals surface area (Å²) >= 11 is 0. The minimum absolute atomic E-state index is 0.170. The first-order chi connectivity index (χ1) is 8.98. The highest BCUT2D eigenvalue weighted by atomic mass is 16.1. The second-order valence-corrected chi connectivity index (χ2v) is 6.61. The maximum Gasteiger partial charge on any atom is 0.237 e. The number of hydrogen-bond donors (Lipinski definition) is 2. The second-order valence-electron chi connectivity index (χ2n) is 6.61. The Morgan fingerprint density at radius 2 is 2.05 bits per heavy atom. The van der Waals surface area contributed by atoms with E-state index in [2.05, 4.69) is 31.0 Å². The molecule has 1 amide bonds. The molecule has 2 aliphatic carbocycles. The normalized spacial score (nSPS) is 31.3. The molecule has 2 atom stereocenters. The van der Waals surface area contributed by atoms with E-state index in [0.717, 1.165) is 31.8 Å². The Bertz CT molecular complexity index is 327. The molecule has 4 heteroatoms. The Morgan fingerprint density at radius 3 is 2.53 bits per heavy atom. The number of hydrogen-bond acceptors (Lipinski definition) is 3. The number of rotatable bonds is 7. The average molecular weight is 267 g/mol. The zero-order valence-electron chi connectivity index (χ0n) is 12.6. The molecule has 2 fully saturated rings. The predicted molar refractivity (Wildman–Crippen MR) is 77.9 cm³/mol. The van der Waals surface area contributed by atoms with Crippen LogP contribution in [0.15, 0.2) is 0 Å².